The first-order valence-corrected chi connectivity index (χ1v) is 10.7. The van der Waals surface area contributed by atoms with E-state index >= 15 is 0 Å². The Morgan fingerprint density at radius 2 is 2.00 bits per heavy atom. The van der Waals surface area contributed by atoms with Gasteiger partial charge in [0.05, 0.1) is 25.4 Å². The van der Waals surface area contributed by atoms with E-state index < -0.39 is 0 Å². The van der Waals surface area contributed by atoms with E-state index in [9.17, 15) is 5.11 Å². The van der Waals surface area contributed by atoms with Gasteiger partial charge in [0.25, 0.3) is 0 Å². The van der Waals surface area contributed by atoms with E-state index in [-0.39, 0.29) is 6.61 Å². The SMILES string of the molecule is CN1CCC(COc2ccc(NCc3ccc4c(c3)C=CCN4N)cc2CO)CC1. The number of aliphatic hydroxyl groups excluding tert-OH is 1. The first-order valence-electron chi connectivity index (χ1n) is 10.7. The van der Waals surface area contributed by atoms with Gasteiger partial charge in [-0.1, -0.05) is 18.2 Å². The molecule has 0 atom stereocenters. The fourth-order valence-electron chi connectivity index (χ4n) is 4.09. The van der Waals surface area contributed by atoms with Crippen LogP contribution in [0.5, 0.6) is 5.75 Å². The van der Waals surface area contributed by atoms with E-state index in [0.29, 0.717) is 19.1 Å². The number of hydrogen-bond donors (Lipinski definition) is 3. The van der Waals surface area contributed by atoms with Crippen LogP contribution in [0.25, 0.3) is 6.08 Å². The highest BCUT2D eigenvalue weighted by molar-refractivity contribution is 5.71. The van der Waals surface area contributed by atoms with Crippen LogP contribution in [-0.4, -0.2) is 43.3 Å². The molecule has 6 nitrogen and oxygen atoms in total. The molecule has 4 rings (SSSR count). The zero-order valence-corrected chi connectivity index (χ0v) is 17.7. The Balaban J connectivity index is 1.35. The van der Waals surface area contributed by atoms with Gasteiger partial charge in [-0.15, -0.1) is 0 Å². The summed E-state index contributed by atoms with van der Waals surface area (Å²) in [4.78, 5) is 2.36. The van der Waals surface area contributed by atoms with Gasteiger partial charge in [-0.25, -0.2) is 5.84 Å². The summed E-state index contributed by atoms with van der Waals surface area (Å²) in [5, 5.41) is 15.0. The topological polar surface area (TPSA) is 74.0 Å². The van der Waals surface area contributed by atoms with Crippen molar-refractivity contribution in [2.24, 2.45) is 11.8 Å². The van der Waals surface area contributed by atoms with Crippen LogP contribution in [0.1, 0.15) is 29.5 Å². The standard InChI is InChI=1S/C24H32N4O2/c1-27-11-8-18(9-12-27)17-30-24-7-5-22(14-21(24)16-29)26-15-19-4-6-23-20(13-19)3-2-10-28(23)25/h2-7,13-14,18,26,29H,8-12,15-17,25H2,1H3. The molecule has 0 spiro atoms. The first kappa shape index (κ1) is 20.7. The molecule has 2 heterocycles. The summed E-state index contributed by atoms with van der Waals surface area (Å²) in [6.07, 6.45) is 6.52. The van der Waals surface area contributed by atoms with E-state index in [4.69, 9.17) is 10.6 Å². The lowest BCUT2D eigenvalue weighted by atomic mass is 9.98. The molecule has 0 bridgehead atoms. The lowest BCUT2D eigenvalue weighted by Crippen LogP contribution is -2.32. The van der Waals surface area contributed by atoms with Crippen LogP contribution in [-0.2, 0) is 13.2 Å². The van der Waals surface area contributed by atoms with Crippen LogP contribution in [0, 0.1) is 5.92 Å². The second-order valence-corrected chi connectivity index (χ2v) is 8.34. The molecule has 0 aromatic heterocycles. The largest absolute Gasteiger partial charge is 0.493 e. The number of ether oxygens (including phenoxy) is 1. The molecular formula is C24H32N4O2. The van der Waals surface area contributed by atoms with E-state index in [0.717, 1.165) is 47.9 Å². The average Bonchev–Trinajstić information content (AvgIpc) is 2.77. The highest BCUT2D eigenvalue weighted by atomic mass is 16.5. The lowest BCUT2D eigenvalue weighted by Gasteiger charge is -2.29. The minimum Gasteiger partial charge on any atom is -0.493 e. The molecule has 30 heavy (non-hydrogen) atoms. The highest BCUT2D eigenvalue weighted by Gasteiger charge is 2.18. The normalized spacial score (nSPS) is 17.1. The smallest absolute Gasteiger partial charge is 0.124 e. The van der Waals surface area contributed by atoms with Crippen molar-refractivity contribution in [2.75, 3.05) is 43.6 Å². The summed E-state index contributed by atoms with van der Waals surface area (Å²) in [6, 6.07) is 12.3. The lowest BCUT2D eigenvalue weighted by molar-refractivity contribution is 0.157. The van der Waals surface area contributed by atoms with Gasteiger partial charge in [0.1, 0.15) is 5.75 Å². The van der Waals surface area contributed by atoms with Gasteiger partial charge in [-0.3, -0.25) is 0 Å². The predicted octanol–water partition coefficient (Wildman–Crippen LogP) is 3.22. The summed E-state index contributed by atoms with van der Waals surface area (Å²) in [5.41, 5.74) is 5.16. The van der Waals surface area contributed by atoms with Crippen LogP contribution in [0.2, 0.25) is 0 Å². The fraction of sp³-hybridized carbons (Fsp3) is 0.417. The van der Waals surface area contributed by atoms with E-state index in [1.54, 1.807) is 5.01 Å². The number of piperidine rings is 1. The van der Waals surface area contributed by atoms with Crippen molar-refractivity contribution in [2.45, 2.75) is 26.0 Å². The molecule has 2 aliphatic rings. The number of nitrogens with one attached hydrogen (secondary N) is 1. The molecule has 0 aliphatic carbocycles. The van der Waals surface area contributed by atoms with Crippen molar-refractivity contribution in [1.29, 1.82) is 0 Å². The Bertz CT molecular complexity index is 891. The van der Waals surface area contributed by atoms with Gasteiger partial charge in [-0.2, -0.15) is 0 Å². The fourth-order valence-corrected chi connectivity index (χ4v) is 4.09. The number of likely N-dealkylation sites (tertiary alicyclic amines) is 1. The maximum Gasteiger partial charge on any atom is 0.124 e. The Labute approximate surface area is 178 Å². The molecule has 2 aliphatic heterocycles. The van der Waals surface area contributed by atoms with E-state index in [1.165, 1.54) is 18.4 Å². The number of rotatable bonds is 7. The molecule has 0 radical (unpaired) electrons. The second kappa shape index (κ2) is 9.51. The Morgan fingerprint density at radius 1 is 1.17 bits per heavy atom. The molecule has 2 aromatic rings. The van der Waals surface area contributed by atoms with Gasteiger partial charge < -0.3 is 25.1 Å². The van der Waals surface area contributed by atoms with Gasteiger partial charge >= 0.3 is 0 Å². The molecule has 160 valence electrons. The van der Waals surface area contributed by atoms with Crippen molar-refractivity contribution < 1.29 is 9.84 Å². The summed E-state index contributed by atoms with van der Waals surface area (Å²) >= 11 is 0. The number of fused-ring (bicyclic) bond motifs is 1. The number of anilines is 2. The van der Waals surface area contributed by atoms with Gasteiger partial charge in [0, 0.05) is 17.8 Å². The van der Waals surface area contributed by atoms with Crippen molar-refractivity contribution in [3.05, 3.63) is 59.2 Å². The van der Waals surface area contributed by atoms with Crippen LogP contribution in [0.15, 0.2) is 42.5 Å². The summed E-state index contributed by atoms with van der Waals surface area (Å²) < 4.78 is 6.06. The molecule has 0 amide bonds. The van der Waals surface area contributed by atoms with Crippen molar-refractivity contribution in [1.82, 2.24) is 4.90 Å². The van der Waals surface area contributed by atoms with Crippen molar-refractivity contribution in [3.63, 3.8) is 0 Å². The predicted molar refractivity (Wildman–Crippen MR) is 122 cm³/mol. The Kier molecular flexibility index (Phi) is 6.57. The van der Waals surface area contributed by atoms with Gasteiger partial charge in [0.2, 0.25) is 0 Å². The van der Waals surface area contributed by atoms with Crippen LogP contribution < -0.4 is 20.9 Å². The second-order valence-electron chi connectivity index (χ2n) is 8.34. The van der Waals surface area contributed by atoms with Gasteiger partial charge in [-0.05, 0) is 80.4 Å². The minimum atomic E-state index is -0.0335. The van der Waals surface area contributed by atoms with Gasteiger partial charge in [0.15, 0.2) is 0 Å². The Morgan fingerprint density at radius 3 is 2.80 bits per heavy atom. The number of nitrogens with zero attached hydrogens (tertiary/aromatic N) is 2. The number of aliphatic hydroxyl groups is 1. The Hall–Kier alpha value is -2.54. The third kappa shape index (κ3) is 4.95. The third-order valence-electron chi connectivity index (χ3n) is 6.04. The molecule has 1 fully saturated rings. The molecule has 0 unspecified atom stereocenters. The number of nitrogens with two attached hydrogens (primary N) is 1. The summed E-state index contributed by atoms with van der Waals surface area (Å²) in [5.74, 6) is 7.39. The zero-order chi connectivity index (χ0) is 20.9. The summed E-state index contributed by atoms with van der Waals surface area (Å²) in [6.45, 7) is 4.38. The third-order valence-corrected chi connectivity index (χ3v) is 6.04. The molecule has 4 N–H and O–H groups in total. The average molecular weight is 409 g/mol. The van der Waals surface area contributed by atoms with Crippen LogP contribution >= 0.6 is 0 Å². The number of hydrazine groups is 1. The molecule has 1 saturated heterocycles. The molecule has 6 heteroatoms. The highest BCUT2D eigenvalue weighted by Crippen LogP contribution is 2.27. The van der Waals surface area contributed by atoms with Crippen LogP contribution in [0.3, 0.4) is 0 Å². The first-order chi connectivity index (χ1) is 14.6. The monoisotopic (exact) mass is 408 g/mol. The number of hydrogen-bond acceptors (Lipinski definition) is 6. The molecule has 2 aromatic carbocycles. The molecular weight excluding hydrogens is 376 g/mol. The van der Waals surface area contributed by atoms with Crippen LogP contribution in [0.4, 0.5) is 11.4 Å². The van der Waals surface area contributed by atoms with E-state index in [1.807, 2.05) is 18.2 Å². The maximum atomic E-state index is 9.82. The number of benzene rings is 2. The quantitative estimate of drug-likeness (QED) is 0.611. The summed E-state index contributed by atoms with van der Waals surface area (Å²) in [7, 11) is 2.17. The van der Waals surface area contributed by atoms with E-state index in [2.05, 4.69) is 47.6 Å². The van der Waals surface area contributed by atoms with Crippen molar-refractivity contribution in [3.8, 4) is 5.75 Å². The van der Waals surface area contributed by atoms with Crippen molar-refractivity contribution >= 4 is 17.5 Å². The maximum absolute atomic E-state index is 9.82. The zero-order valence-electron chi connectivity index (χ0n) is 17.7. The minimum absolute atomic E-state index is 0.0335. The molecule has 0 saturated carbocycles.